The summed E-state index contributed by atoms with van der Waals surface area (Å²) in [5.74, 6) is -1.98. The molecule has 3 amide bonds. The summed E-state index contributed by atoms with van der Waals surface area (Å²) >= 11 is 0. The summed E-state index contributed by atoms with van der Waals surface area (Å²) < 4.78 is 32.6. The van der Waals surface area contributed by atoms with Crippen molar-refractivity contribution in [3.63, 3.8) is 0 Å². The molecule has 0 spiro atoms. The van der Waals surface area contributed by atoms with Crippen LogP contribution in [0.3, 0.4) is 0 Å². The molecule has 10 heteroatoms. The van der Waals surface area contributed by atoms with Gasteiger partial charge in [0, 0.05) is 30.0 Å². The molecule has 1 aliphatic heterocycles. The predicted octanol–water partition coefficient (Wildman–Crippen LogP) is 2.15. The summed E-state index contributed by atoms with van der Waals surface area (Å²) in [6, 6.07) is 2.62. The molecule has 8 nitrogen and oxygen atoms in total. The lowest BCUT2D eigenvalue weighted by molar-refractivity contribution is -0.133. The van der Waals surface area contributed by atoms with Crippen LogP contribution in [0.15, 0.2) is 18.2 Å². The molecular formula is C21H30F2N4O4. The number of morpholine rings is 1. The number of amides is 3. The quantitative estimate of drug-likeness (QED) is 0.603. The van der Waals surface area contributed by atoms with Gasteiger partial charge in [-0.3, -0.25) is 19.3 Å². The van der Waals surface area contributed by atoms with Gasteiger partial charge in [0.25, 0.3) is 18.2 Å². The fourth-order valence-electron chi connectivity index (χ4n) is 3.47. The van der Waals surface area contributed by atoms with Gasteiger partial charge in [0.1, 0.15) is 6.61 Å². The van der Waals surface area contributed by atoms with Gasteiger partial charge in [0.15, 0.2) is 6.04 Å². The Labute approximate surface area is 180 Å². The maximum atomic E-state index is 13.7. The number of halogens is 2. The summed E-state index contributed by atoms with van der Waals surface area (Å²) in [4.78, 5) is 39.9. The van der Waals surface area contributed by atoms with E-state index in [9.17, 15) is 23.2 Å². The van der Waals surface area contributed by atoms with E-state index < -0.39 is 29.8 Å². The molecular weight excluding hydrogens is 410 g/mol. The molecule has 1 aromatic rings. The Bertz CT molecular complexity index is 826. The van der Waals surface area contributed by atoms with Gasteiger partial charge in [-0.25, -0.2) is 8.78 Å². The van der Waals surface area contributed by atoms with E-state index in [-0.39, 0.29) is 35.8 Å². The van der Waals surface area contributed by atoms with Gasteiger partial charge in [0.05, 0.1) is 6.61 Å². The maximum absolute atomic E-state index is 13.7. The number of primary amides is 1. The Morgan fingerprint density at radius 3 is 2.52 bits per heavy atom. The van der Waals surface area contributed by atoms with Gasteiger partial charge < -0.3 is 20.7 Å². The Kier molecular flexibility index (Phi) is 8.08. The summed E-state index contributed by atoms with van der Waals surface area (Å²) in [6.45, 7) is 8.84. The number of anilines is 2. The van der Waals surface area contributed by atoms with Crippen LogP contribution in [-0.4, -0.2) is 61.5 Å². The molecule has 0 aromatic heterocycles. The van der Waals surface area contributed by atoms with E-state index >= 15 is 0 Å². The lowest BCUT2D eigenvalue weighted by Gasteiger charge is -2.33. The molecule has 31 heavy (non-hydrogen) atoms. The van der Waals surface area contributed by atoms with Crippen molar-refractivity contribution in [3.05, 3.63) is 23.8 Å². The van der Waals surface area contributed by atoms with E-state index in [1.165, 1.54) is 17.0 Å². The summed E-state index contributed by atoms with van der Waals surface area (Å²) in [5, 5.41) is 2.43. The van der Waals surface area contributed by atoms with E-state index in [4.69, 9.17) is 10.5 Å². The second-order valence-corrected chi connectivity index (χ2v) is 8.59. The summed E-state index contributed by atoms with van der Waals surface area (Å²) in [5.41, 5.74) is 4.96. The van der Waals surface area contributed by atoms with Crippen molar-refractivity contribution in [3.8, 4) is 0 Å². The zero-order valence-electron chi connectivity index (χ0n) is 18.3. The molecule has 1 aliphatic rings. The molecule has 2 rings (SSSR count). The topological polar surface area (TPSA) is 105 Å². The number of benzene rings is 1. The van der Waals surface area contributed by atoms with Crippen LogP contribution in [0.4, 0.5) is 20.2 Å². The molecule has 172 valence electrons. The first-order chi connectivity index (χ1) is 14.4. The van der Waals surface area contributed by atoms with Crippen molar-refractivity contribution in [2.75, 3.05) is 43.1 Å². The van der Waals surface area contributed by atoms with Crippen molar-refractivity contribution in [1.29, 1.82) is 0 Å². The monoisotopic (exact) mass is 440 g/mol. The first kappa shape index (κ1) is 24.7. The van der Waals surface area contributed by atoms with Crippen LogP contribution in [0, 0.1) is 5.41 Å². The smallest absolute Gasteiger partial charge is 0.265 e. The van der Waals surface area contributed by atoms with Gasteiger partial charge in [-0.15, -0.1) is 0 Å². The molecule has 1 saturated heterocycles. The second-order valence-electron chi connectivity index (χ2n) is 8.59. The predicted molar refractivity (Wildman–Crippen MR) is 113 cm³/mol. The van der Waals surface area contributed by atoms with Crippen LogP contribution in [0.5, 0.6) is 0 Å². The number of hydrogen-bond acceptors (Lipinski definition) is 5. The average molecular weight is 440 g/mol. The highest BCUT2D eigenvalue weighted by atomic mass is 19.3. The van der Waals surface area contributed by atoms with Crippen molar-refractivity contribution < 1.29 is 27.9 Å². The molecule has 1 fully saturated rings. The molecule has 0 radical (unpaired) electrons. The van der Waals surface area contributed by atoms with Gasteiger partial charge in [-0.1, -0.05) is 27.7 Å². The highest BCUT2D eigenvalue weighted by Crippen LogP contribution is 2.32. The number of rotatable bonds is 8. The lowest BCUT2D eigenvalue weighted by Crippen LogP contribution is -2.54. The minimum Gasteiger partial charge on any atom is -0.370 e. The molecule has 0 bridgehead atoms. The number of nitrogens with one attached hydrogen (secondary N) is 1. The van der Waals surface area contributed by atoms with Gasteiger partial charge in [-0.2, -0.15) is 0 Å². The molecule has 1 aromatic carbocycles. The standard InChI is InChI=1S/C21H30F2N4O4/c1-5-26(12-21(2,3)4)17(19(24)29)20(30)25-15-7-6-13(10-14(15)18(22)23)27-8-9-31-11-16(27)28/h6-7,10,17-18H,5,8-9,11-12H2,1-4H3,(H2,24,29)(H,25,30)/t17-/m0/s1. The summed E-state index contributed by atoms with van der Waals surface area (Å²) in [7, 11) is 0. The zero-order chi connectivity index (χ0) is 23.3. The minimum atomic E-state index is -2.91. The Hall–Kier alpha value is -2.59. The first-order valence-corrected chi connectivity index (χ1v) is 10.1. The van der Waals surface area contributed by atoms with Crippen molar-refractivity contribution in [2.24, 2.45) is 11.1 Å². The van der Waals surface area contributed by atoms with E-state index in [1.807, 2.05) is 20.8 Å². The average Bonchev–Trinajstić information content (AvgIpc) is 2.66. The Balaban J connectivity index is 2.31. The van der Waals surface area contributed by atoms with E-state index in [1.54, 1.807) is 11.8 Å². The van der Waals surface area contributed by atoms with Gasteiger partial charge in [0.2, 0.25) is 5.91 Å². The van der Waals surface area contributed by atoms with Crippen LogP contribution in [0.25, 0.3) is 0 Å². The fraction of sp³-hybridized carbons (Fsp3) is 0.571. The van der Waals surface area contributed by atoms with Gasteiger partial charge in [-0.05, 0) is 30.2 Å². The largest absolute Gasteiger partial charge is 0.370 e. The number of likely N-dealkylation sites (N-methyl/N-ethyl adjacent to an activating group) is 1. The highest BCUT2D eigenvalue weighted by molar-refractivity contribution is 6.10. The van der Waals surface area contributed by atoms with Crippen LogP contribution in [-0.2, 0) is 19.1 Å². The number of hydrogen-bond donors (Lipinski definition) is 2. The number of alkyl halides is 2. The Morgan fingerprint density at radius 1 is 1.32 bits per heavy atom. The first-order valence-electron chi connectivity index (χ1n) is 10.1. The van der Waals surface area contributed by atoms with Crippen molar-refractivity contribution in [2.45, 2.75) is 40.2 Å². The van der Waals surface area contributed by atoms with Gasteiger partial charge >= 0.3 is 0 Å². The molecule has 0 unspecified atom stereocenters. The normalized spacial score (nSPS) is 16.0. The molecule has 0 aliphatic carbocycles. The third kappa shape index (κ3) is 6.44. The summed E-state index contributed by atoms with van der Waals surface area (Å²) in [6.07, 6.45) is -2.91. The second kappa shape index (κ2) is 10.1. The van der Waals surface area contributed by atoms with Crippen molar-refractivity contribution >= 4 is 29.1 Å². The number of ether oxygens (including phenoxy) is 1. The van der Waals surface area contributed by atoms with E-state index in [2.05, 4.69) is 5.32 Å². The lowest BCUT2D eigenvalue weighted by atomic mass is 9.95. The number of carbonyl (C=O) groups excluding carboxylic acids is 3. The molecule has 0 saturated carbocycles. The highest BCUT2D eigenvalue weighted by Gasteiger charge is 2.33. The SMILES string of the molecule is CCN(CC(C)(C)C)[C@@H](C(N)=O)C(=O)Nc1ccc(N2CCOCC2=O)cc1C(F)F. The molecule has 3 N–H and O–H groups in total. The van der Waals surface area contributed by atoms with Crippen LogP contribution in [0.2, 0.25) is 0 Å². The van der Waals surface area contributed by atoms with E-state index in [0.717, 1.165) is 6.07 Å². The number of nitrogens with zero attached hydrogens (tertiary/aromatic N) is 2. The van der Waals surface area contributed by atoms with Crippen LogP contribution >= 0.6 is 0 Å². The molecule has 1 heterocycles. The number of carbonyl (C=O) groups is 3. The fourth-order valence-corrected chi connectivity index (χ4v) is 3.47. The third-order valence-electron chi connectivity index (χ3n) is 4.79. The van der Waals surface area contributed by atoms with Crippen LogP contribution < -0.4 is 16.0 Å². The van der Waals surface area contributed by atoms with Crippen LogP contribution in [0.1, 0.15) is 39.7 Å². The maximum Gasteiger partial charge on any atom is 0.265 e. The Morgan fingerprint density at radius 2 is 2.00 bits per heavy atom. The van der Waals surface area contributed by atoms with Crippen molar-refractivity contribution in [1.82, 2.24) is 4.90 Å². The minimum absolute atomic E-state index is 0.122. The third-order valence-corrected chi connectivity index (χ3v) is 4.79. The zero-order valence-corrected chi connectivity index (χ0v) is 18.3. The number of nitrogens with two attached hydrogens (primary N) is 1. The molecule has 1 atom stereocenters. The van der Waals surface area contributed by atoms with E-state index in [0.29, 0.717) is 19.7 Å².